The molecule has 0 fully saturated rings. The van der Waals surface area contributed by atoms with Gasteiger partial charge in [-0.15, -0.1) is 0 Å². The Morgan fingerprint density at radius 2 is 2.09 bits per heavy atom. The summed E-state index contributed by atoms with van der Waals surface area (Å²) in [5.74, 6) is 1.42. The Morgan fingerprint density at radius 3 is 2.74 bits per heavy atom. The second kappa shape index (κ2) is 10.7. The first-order valence-electron chi connectivity index (χ1n) is 8.03. The van der Waals surface area contributed by atoms with Crippen LogP contribution in [-0.4, -0.2) is 38.0 Å². The lowest BCUT2D eigenvalue weighted by Crippen LogP contribution is -2.38. The van der Waals surface area contributed by atoms with E-state index in [1.807, 2.05) is 25.1 Å². The molecular weight excluding hydrogens is 296 g/mol. The number of unbranched alkanes of at least 4 members (excludes halogenated alkanes) is 1. The Hall–Kier alpha value is -1.95. The molecule has 0 heterocycles. The highest BCUT2D eigenvalue weighted by Crippen LogP contribution is 2.28. The molecule has 0 radical (unpaired) electrons. The van der Waals surface area contributed by atoms with Gasteiger partial charge < -0.3 is 25.2 Å². The first-order chi connectivity index (χ1) is 11.1. The molecule has 0 spiro atoms. The molecule has 1 atom stereocenters. The molecule has 1 rings (SSSR count). The topological polar surface area (TPSA) is 79.8 Å². The number of urea groups is 1. The van der Waals surface area contributed by atoms with Crippen LogP contribution in [0.25, 0.3) is 0 Å². The van der Waals surface area contributed by atoms with Crippen molar-refractivity contribution in [3.8, 4) is 11.5 Å². The number of amides is 2. The van der Waals surface area contributed by atoms with Crippen LogP contribution < -0.4 is 20.1 Å². The summed E-state index contributed by atoms with van der Waals surface area (Å²) in [5, 5.41) is 14.4. The third-order valence-electron chi connectivity index (χ3n) is 3.36. The number of carbonyl (C=O) groups is 1. The Morgan fingerprint density at radius 1 is 1.30 bits per heavy atom. The van der Waals surface area contributed by atoms with Crippen molar-refractivity contribution in [3.63, 3.8) is 0 Å². The molecule has 0 saturated heterocycles. The van der Waals surface area contributed by atoms with Gasteiger partial charge in [0.1, 0.15) is 0 Å². The summed E-state index contributed by atoms with van der Waals surface area (Å²) in [7, 11) is 1.60. The van der Waals surface area contributed by atoms with E-state index < -0.39 is 0 Å². The van der Waals surface area contributed by atoms with E-state index in [-0.39, 0.29) is 18.6 Å². The van der Waals surface area contributed by atoms with E-state index in [0.29, 0.717) is 31.2 Å². The average molecular weight is 324 g/mol. The summed E-state index contributed by atoms with van der Waals surface area (Å²) < 4.78 is 11.0. The summed E-state index contributed by atoms with van der Waals surface area (Å²) in [6, 6.07) is 5.36. The van der Waals surface area contributed by atoms with Crippen LogP contribution in [0.5, 0.6) is 11.5 Å². The van der Waals surface area contributed by atoms with Crippen LogP contribution in [0.1, 0.15) is 32.3 Å². The molecular formula is C17H28N2O4. The van der Waals surface area contributed by atoms with Crippen molar-refractivity contribution in [2.24, 2.45) is 5.92 Å². The van der Waals surface area contributed by atoms with Gasteiger partial charge in [-0.1, -0.05) is 26.3 Å². The van der Waals surface area contributed by atoms with Crippen LogP contribution in [0.3, 0.4) is 0 Å². The summed E-state index contributed by atoms with van der Waals surface area (Å²) >= 11 is 0. The van der Waals surface area contributed by atoms with Crippen LogP contribution >= 0.6 is 0 Å². The molecule has 0 aromatic heterocycles. The third kappa shape index (κ3) is 7.23. The lowest BCUT2D eigenvalue weighted by molar-refractivity contribution is 0.222. The average Bonchev–Trinajstić information content (AvgIpc) is 2.58. The number of rotatable bonds is 10. The maximum Gasteiger partial charge on any atom is 0.315 e. The molecule has 0 aliphatic rings. The maximum absolute atomic E-state index is 11.7. The molecule has 2 amide bonds. The molecule has 0 bridgehead atoms. The quantitative estimate of drug-likeness (QED) is 0.577. The fourth-order valence-corrected chi connectivity index (χ4v) is 1.84. The Labute approximate surface area is 138 Å². The van der Waals surface area contributed by atoms with Gasteiger partial charge in [0.05, 0.1) is 13.7 Å². The molecule has 6 heteroatoms. The highest BCUT2D eigenvalue weighted by atomic mass is 16.5. The van der Waals surface area contributed by atoms with Gasteiger partial charge >= 0.3 is 6.03 Å². The van der Waals surface area contributed by atoms with Crippen molar-refractivity contribution < 1.29 is 19.4 Å². The van der Waals surface area contributed by atoms with Crippen LogP contribution in [0.15, 0.2) is 18.2 Å². The molecule has 1 aromatic rings. The van der Waals surface area contributed by atoms with E-state index >= 15 is 0 Å². The number of methoxy groups -OCH3 is 1. The first kappa shape index (κ1) is 19.1. The van der Waals surface area contributed by atoms with Crippen LogP contribution in [-0.2, 0) is 6.54 Å². The molecule has 3 N–H and O–H groups in total. The van der Waals surface area contributed by atoms with E-state index in [1.54, 1.807) is 7.11 Å². The number of ether oxygens (including phenoxy) is 2. The smallest absolute Gasteiger partial charge is 0.315 e. The van der Waals surface area contributed by atoms with Crippen molar-refractivity contribution >= 4 is 6.03 Å². The third-order valence-corrected chi connectivity index (χ3v) is 3.36. The SMILES string of the molecule is CCCCOc1ccc(CNC(=O)NCC(C)CO)cc1OC. The van der Waals surface area contributed by atoms with Crippen LogP contribution in [0.4, 0.5) is 4.79 Å². The normalized spacial score (nSPS) is 11.7. The predicted molar refractivity (Wildman–Crippen MR) is 89.9 cm³/mol. The van der Waals surface area contributed by atoms with Gasteiger partial charge in [-0.3, -0.25) is 0 Å². The predicted octanol–water partition coefficient (Wildman–Crippen LogP) is 2.30. The number of benzene rings is 1. The lowest BCUT2D eigenvalue weighted by Gasteiger charge is -2.13. The summed E-state index contributed by atoms with van der Waals surface area (Å²) in [6.45, 7) is 5.53. The maximum atomic E-state index is 11.7. The Kier molecular flexibility index (Phi) is 8.90. The monoisotopic (exact) mass is 324 g/mol. The van der Waals surface area contributed by atoms with Gasteiger partial charge in [-0.25, -0.2) is 4.79 Å². The molecule has 1 unspecified atom stereocenters. The van der Waals surface area contributed by atoms with Gasteiger partial charge in [0, 0.05) is 19.7 Å². The minimum Gasteiger partial charge on any atom is -0.493 e. The van der Waals surface area contributed by atoms with Crippen molar-refractivity contribution in [2.75, 3.05) is 26.9 Å². The fourth-order valence-electron chi connectivity index (χ4n) is 1.84. The number of hydrogen-bond acceptors (Lipinski definition) is 4. The Bertz CT molecular complexity index is 480. The summed E-state index contributed by atoms with van der Waals surface area (Å²) in [5.41, 5.74) is 0.926. The van der Waals surface area contributed by atoms with Gasteiger partial charge in [0.2, 0.25) is 0 Å². The van der Waals surface area contributed by atoms with Gasteiger partial charge in [0.25, 0.3) is 0 Å². The zero-order valence-electron chi connectivity index (χ0n) is 14.2. The largest absolute Gasteiger partial charge is 0.493 e. The standard InChI is InChI=1S/C17H28N2O4/c1-4-5-8-23-15-7-6-14(9-16(15)22-3)11-19-17(21)18-10-13(2)12-20/h6-7,9,13,20H,4-5,8,10-12H2,1-3H3,(H2,18,19,21). The van der Waals surface area contributed by atoms with Crippen molar-refractivity contribution in [1.29, 1.82) is 0 Å². The van der Waals surface area contributed by atoms with Crippen molar-refractivity contribution in [1.82, 2.24) is 10.6 Å². The van der Waals surface area contributed by atoms with E-state index in [4.69, 9.17) is 14.6 Å². The summed E-state index contributed by atoms with van der Waals surface area (Å²) in [4.78, 5) is 11.7. The van der Waals surface area contributed by atoms with Gasteiger partial charge in [-0.05, 0) is 30.0 Å². The molecule has 0 saturated carbocycles. The number of aliphatic hydroxyl groups is 1. The van der Waals surface area contributed by atoms with E-state index in [9.17, 15) is 4.79 Å². The number of hydrogen-bond donors (Lipinski definition) is 3. The molecule has 130 valence electrons. The highest BCUT2D eigenvalue weighted by Gasteiger charge is 2.08. The van der Waals surface area contributed by atoms with E-state index in [0.717, 1.165) is 18.4 Å². The minimum atomic E-state index is -0.257. The van der Waals surface area contributed by atoms with Crippen molar-refractivity contribution in [3.05, 3.63) is 23.8 Å². The fraction of sp³-hybridized carbons (Fsp3) is 0.588. The van der Waals surface area contributed by atoms with Crippen LogP contribution in [0, 0.1) is 5.92 Å². The molecule has 6 nitrogen and oxygen atoms in total. The number of carbonyl (C=O) groups excluding carboxylic acids is 1. The van der Waals surface area contributed by atoms with Gasteiger partial charge in [-0.2, -0.15) is 0 Å². The number of nitrogens with one attached hydrogen (secondary N) is 2. The Balaban J connectivity index is 2.49. The van der Waals surface area contributed by atoms with Crippen LogP contribution in [0.2, 0.25) is 0 Å². The van der Waals surface area contributed by atoms with Gasteiger partial charge in [0.15, 0.2) is 11.5 Å². The minimum absolute atomic E-state index is 0.0420. The van der Waals surface area contributed by atoms with E-state index in [1.165, 1.54) is 0 Å². The first-order valence-corrected chi connectivity index (χ1v) is 8.03. The van der Waals surface area contributed by atoms with E-state index in [2.05, 4.69) is 17.6 Å². The molecule has 1 aromatic carbocycles. The zero-order chi connectivity index (χ0) is 17.1. The second-order valence-electron chi connectivity index (χ2n) is 5.54. The lowest BCUT2D eigenvalue weighted by atomic mass is 10.2. The highest BCUT2D eigenvalue weighted by molar-refractivity contribution is 5.73. The number of aliphatic hydroxyl groups excluding tert-OH is 1. The summed E-state index contributed by atoms with van der Waals surface area (Å²) in [6.07, 6.45) is 2.08. The molecule has 0 aliphatic carbocycles. The van der Waals surface area contributed by atoms with Crippen molar-refractivity contribution in [2.45, 2.75) is 33.2 Å². The second-order valence-corrected chi connectivity index (χ2v) is 5.54. The molecule has 0 aliphatic heterocycles. The zero-order valence-corrected chi connectivity index (χ0v) is 14.2. The molecule has 23 heavy (non-hydrogen) atoms.